The molecular weight excluding hydrogens is 242 g/mol. The second kappa shape index (κ2) is 4.33. The van der Waals surface area contributed by atoms with Crippen LogP contribution in [0.25, 0.3) is 0 Å². The number of nitrogens with one attached hydrogen (secondary N) is 1. The monoisotopic (exact) mass is 255 g/mol. The summed E-state index contributed by atoms with van der Waals surface area (Å²) in [4.78, 5) is 15.6. The lowest BCUT2D eigenvalue weighted by molar-refractivity contribution is 0.0942. The average molecular weight is 255 g/mol. The normalized spacial score (nSPS) is 22.2. The van der Waals surface area contributed by atoms with Crippen molar-refractivity contribution in [2.75, 3.05) is 17.2 Å². The molecule has 6 nitrogen and oxygen atoms in total. The van der Waals surface area contributed by atoms with Crippen molar-refractivity contribution in [2.45, 2.75) is 12.5 Å². The van der Waals surface area contributed by atoms with Gasteiger partial charge in [-0.15, -0.1) is 0 Å². The SMILES string of the molecule is Nc1ncccc1C(=O)NC1CCS(=O)(=O)C1. The minimum absolute atomic E-state index is 0.00108. The molecule has 1 aromatic heterocycles. The van der Waals surface area contributed by atoms with E-state index in [1.807, 2.05) is 0 Å². The van der Waals surface area contributed by atoms with Crippen LogP contribution in [0.4, 0.5) is 5.82 Å². The minimum atomic E-state index is -2.99. The molecule has 2 heterocycles. The van der Waals surface area contributed by atoms with E-state index in [-0.39, 0.29) is 34.8 Å². The molecule has 1 unspecified atom stereocenters. The molecule has 1 atom stereocenters. The summed E-state index contributed by atoms with van der Waals surface area (Å²) in [5, 5.41) is 2.65. The lowest BCUT2D eigenvalue weighted by Gasteiger charge is -2.11. The molecule has 1 aliphatic rings. The topological polar surface area (TPSA) is 102 Å². The lowest BCUT2D eigenvalue weighted by atomic mass is 10.2. The quantitative estimate of drug-likeness (QED) is 0.747. The molecule has 0 spiro atoms. The van der Waals surface area contributed by atoms with Crippen LogP contribution in [0.3, 0.4) is 0 Å². The van der Waals surface area contributed by atoms with Crippen molar-refractivity contribution >= 4 is 21.6 Å². The second-order valence-electron chi connectivity index (χ2n) is 4.01. The Bertz CT molecular complexity index is 541. The minimum Gasteiger partial charge on any atom is -0.383 e. The summed E-state index contributed by atoms with van der Waals surface area (Å²) in [5.41, 5.74) is 5.83. The van der Waals surface area contributed by atoms with Crippen LogP contribution in [0.5, 0.6) is 0 Å². The molecule has 1 aromatic rings. The van der Waals surface area contributed by atoms with Gasteiger partial charge in [-0.3, -0.25) is 4.79 Å². The van der Waals surface area contributed by atoms with Crippen LogP contribution in [-0.4, -0.2) is 36.9 Å². The first kappa shape index (κ1) is 11.8. The summed E-state index contributed by atoms with van der Waals surface area (Å²) in [6.07, 6.45) is 1.94. The molecule has 7 heteroatoms. The molecule has 3 N–H and O–H groups in total. The van der Waals surface area contributed by atoms with Crippen LogP contribution in [0.15, 0.2) is 18.3 Å². The third-order valence-corrected chi connectivity index (χ3v) is 4.42. The van der Waals surface area contributed by atoms with E-state index in [0.717, 1.165) is 0 Å². The maximum Gasteiger partial charge on any atom is 0.255 e. The summed E-state index contributed by atoms with van der Waals surface area (Å²) in [6.45, 7) is 0. The Morgan fingerprint density at radius 3 is 2.88 bits per heavy atom. The highest BCUT2D eigenvalue weighted by Gasteiger charge is 2.29. The molecular formula is C10H13N3O3S. The zero-order valence-electron chi connectivity index (χ0n) is 9.09. The maximum absolute atomic E-state index is 11.8. The molecule has 92 valence electrons. The molecule has 0 saturated carbocycles. The van der Waals surface area contributed by atoms with Crippen molar-refractivity contribution in [3.8, 4) is 0 Å². The van der Waals surface area contributed by atoms with Crippen LogP contribution in [0.2, 0.25) is 0 Å². The summed E-state index contributed by atoms with van der Waals surface area (Å²) >= 11 is 0. The number of hydrogen-bond donors (Lipinski definition) is 2. The van der Waals surface area contributed by atoms with Crippen LogP contribution in [0, 0.1) is 0 Å². The van der Waals surface area contributed by atoms with Gasteiger partial charge in [0.15, 0.2) is 9.84 Å². The Morgan fingerprint density at radius 2 is 2.29 bits per heavy atom. The number of nitrogens with two attached hydrogens (primary N) is 1. The highest BCUT2D eigenvalue weighted by molar-refractivity contribution is 7.91. The number of aromatic nitrogens is 1. The molecule has 0 aromatic carbocycles. The fourth-order valence-corrected chi connectivity index (χ4v) is 3.45. The third kappa shape index (κ3) is 2.73. The van der Waals surface area contributed by atoms with Gasteiger partial charge in [0, 0.05) is 12.2 Å². The highest BCUT2D eigenvalue weighted by atomic mass is 32.2. The summed E-state index contributed by atoms with van der Waals surface area (Å²) < 4.78 is 22.5. The Kier molecular flexibility index (Phi) is 3.01. The van der Waals surface area contributed by atoms with E-state index < -0.39 is 9.84 Å². The van der Waals surface area contributed by atoms with Crippen molar-refractivity contribution in [3.63, 3.8) is 0 Å². The number of pyridine rings is 1. The summed E-state index contributed by atoms with van der Waals surface area (Å²) in [7, 11) is -2.99. The summed E-state index contributed by atoms with van der Waals surface area (Å²) in [6, 6.07) is 2.84. The van der Waals surface area contributed by atoms with Crippen molar-refractivity contribution in [1.29, 1.82) is 0 Å². The highest BCUT2D eigenvalue weighted by Crippen LogP contribution is 2.13. The van der Waals surface area contributed by atoms with Crippen LogP contribution in [0.1, 0.15) is 16.8 Å². The first-order valence-corrected chi connectivity index (χ1v) is 7.02. The first-order chi connectivity index (χ1) is 7.98. The van der Waals surface area contributed by atoms with Gasteiger partial charge < -0.3 is 11.1 Å². The van der Waals surface area contributed by atoms with Crippen molar-refractivity contribution in [1.82, 2.24) is 10.3 Å². The van der Waals surface area contributed by atoms with Crippen LogP contribution in [-0.2, 0) is 9.84 Å². The molecule has 1 aliphatic heterocycles. The molecule has 17 heavy (non-hydrogen) atoms. The van der Waals surface area contributed by atoms with Crippen LogP contribution < -0.4 is 11.1 Å². The number of carbonyl (C=O) groups excluding carboxylic acids is 1. The number of hydrogen-bond acceptors (Lipinski definition) is 5. The van der Waals surface area contributed by atoms with Gasteiger partial charge in [-0.05, 0) is 18.6 Å². The zero-order valence-corrected chi connectivity index (χ0v) is 9.90. The maximum atomic E-state index is 11.8. The fraction of sp³-hybridized carbons (Fsp3) is 0.400. The number of nitrogens with zero attached hydrogens (tertiary/aromatic N) is 1. The Hall–Kier alpha value is -1.63. The molecule has 1 amide bonds. The summed E-state index contributed by atoms with van der Waals surface area (Å²) in [5.74, 6) is -0.108. The molecule has 0 aliphatic carbocycles. The largest absolute Gasteiger partial charge is 0.383 e. The van der Waals surface area contributed by atoms with Gasteiger partial charge in [-0.1, -0.05) is 0 Å². The number of sulfone groups is 1. The number of rotatable bonds is 2. The van der Waals surface area contributed by atoms with E-state index >= 15 is 0 Å². The number of nitrogen functional groups attached to an aromatic ring is 1. The standard InChI is InChI=1S/C10H13N3O3S/c11-9-8(2-1-4-12-9)10(14)13-7-3-5-17(15,16)6-7/h1-2,4,7H,3,5-6H2,(H2,11,12)(H,13,14). The van der Waals surface area contributed by atoms with Crippen molar-refractivity contribution in [2.24, 2.45) is 0 Å². The van der Waals surface area contributed by atoms with Gasteiger partial charge in [-0.2, -0.15) is 0 Å². The van der Waals surface area contributed by atoms with E-state index in [2.05, 4.69) is 10.3 Å². The van der Waals surface area contributed by atoms with Gasteiger partial charge in [-0.25, -0.2) is 13.4 Å². The third-order valence-electron chi connectivity index (χ3n) is 2.65. The molecule has 1 fully saturated rings. The van der Waals surface area contributed by atoms with E-state index in [9.17, 15) is 13.2 Å². The van der Waals surface area contributed by atoms with Crippen molar-refractivity contribution in [3.05, 3.63) is 23.9 Å². The molecule has 0 radical (unpaired) electrons. The van der Waals surface area contributed by atoms with Gasteiger partial charge in [0.2, 0.25) is 0 Å². The smallest absolute Gasteiger partial charge is 0.255 e. The van der Waals surface area contributed by atoms with Crippen molar-refractivity contribution < 1.29 is 13.2 Å². The Morgan fingerprint density at radius 1 is 1.53 bits per heavy atom. The Labute approximate surface area is 99.1 Å². The van der Waals surface area contributed by atoms with E-state index in [1.54, 1.807) is 12.1 Å². The van der Waals surface area contributed by atoms with Gasteiger partial charge in [0.05, 0.1) is 17.1 Å². The van der Waals surface area contributed by atoms with Gasteiger partial charge in [0.1, 0.15) is 5.82 Å². The predicted octanol–water partition coefficient (Wildman–Crippen LogP) is -0.419. The molecule has 1 saturated heterocycles. The number of amides is 1. The van der Waals surface area contributed by atoms with Gasteiger partial charge >= 0.3 is 0 Å². The lowest BCUT2D eigenvalue weighted by Crippen LogP contribution is -2.36. The number of carbonyl (C=O) groups is 1. The first-order valence-electron chi connectivity index (χ1n) is 5.20. The predicted molar refractivity (Wildman–Crippen MR) is 63.2 cm³/mol. The van der Waals surface area contributed by atoms with E-state index in [4.69, 9.17) is 5.73 Å². The second-order valence-corrected chi connectivity index (χ2v) is 6.24. The average Bonchev–Trinajstić information content (AvgIpc) is 2.58. The Balaban J connectivity index is 2.06. The van der Waals surface area contributed by atoms with Gasteiger partial charge in [0.25, 0.3) is 5.91 Å². The zero-order chi connectivity index (χ0) is 12.5. The fourth-order valence-electron chi connectivity index (χ4n) is 1.78. The number of anilines is 1. The van der Waals surface area contributed by atoms with E-state index in [0.29, 0.717) is 6.42 Å². The molecule has 0 bridgehead atoms. The van der Waals surface area contributed by atoms with Crippen LogP contribution >= 0.6 is 0 Å². The van der Waals surface area contributed by atoms with E-state index in [1.165, 1.54) is 6.20 Å². The molecule has 2 rings (SSSR count).